The fourth-order valence-corrected chi connectivity index (χ4v) is 6.25. The lowest BCUT2D eigenvalue weighted by Gasteiger charge is -2.45. The van der Waals surface area contributed by atoms with Crippen LogP contribution in [0.5, 0.6) is 0 Å². The number of carboxylic acid groups (broad SMARTS) is 1. The minimum absolute atomic E-state index is 0.000725. The largest absolute Gasteiger partial charge is 0.465 e. The Morgan fingerprint density at radius 3 is 2.21 bits per heavy atom. The minimum atomic E-state index is -0.866. The molecule has 2 aromatic rings. The molecule has 1 saturated carbocycles. The summed E-state index contributed by atoms with van der Waals surface area (Å²) in [5.74, 6) is -0.230. The summed E-state index contributed by atoms with van der Waals surface area (Å²) in [7, 11) is 0. The van der Waals surface area contributed by atoms with Crippen LogP contribution in [-0.4, -0.2) is 51.2 Å². The summed E-state index contributed by atoms with van der Waals surface area (Å²) in [6.07, 6.45) is 2.49. The number of pyridine rings is 1. The second kappa shape index (κ2) is 11.9. The summed E-state index contributed by atoms with van der Waals surface area (Å²) in [4.78, 5) is 44.4. The minimum Gasteiger partial charge on any atom is -0.465 e. The van der Waals surface area contributed by atoms with E-state index in [0.717, 1.165) is 59.2 Å². The van der Waals surface area contributed by atoms with Gasteiger partial charge in [0.15, 0.2) is 0 Å². The highest BCUT2D eigenvalue weighted by atomic mass is 79.9. The van der Waals surface area contributed by atoms with Gasteiger partial charge in [0.05, 0.1) is 0 Å². The van der Waals surface area contributed by atoms with Crippen molar-refractivity contribution < 1.29 is 14.7 Å². The lowest BCUT2D eigenvalue weighted by atomic mass is 9.86. The lowest BCUT2D eigenvalue weighted by Crippen LogP contribution is -2.53. The third-order valence-electron chi connectivity index (χ3n) is 7.56. The van der Waals surface area contributed by atoms with Gasteiger partial charge in [-0.15, -0.1) is 0 Å². The number of aromatic nitrogens is 1. The molecule has 1 fully saturated rings. The second-order valence-corrected chi connectivity index (χ2v) is 12.2. The van der Waals surface area contributed by atoms with Crippen LogP contribution in [0.1, 0.15) is 86.1 Å². The fraction of sp³-hybridized carbons (Fsp3) is 0.552. The van der Waals surface area contributed by atoms with Crippen LogP contribution in [0.25, 0.3) is 0 Å². The van der Waals surface area contributed by atoms with E-state index in [2.05, 4.69) is 44.1 Å². The second-order valence-electron chi connectivity index (χ2n) is 11.3. The SMILES string of the molecule is CCN(c1cc(Br)cc(C(=O)NCc2c(C)cc(C)[nH]c2=O)c1C)[C@H]1CC[C@H](N(C(=O)O)C(C)(C)C)CC1. The van der Waals surface area contributed by atoms with E-state index in [9.17, 15) is 19.5 Å². The number of amides is 2. The number of carbonyl (C=O) groups excluding carboxylic acids is 1. The Hall–Kier alpha value is -2.81. The molecular weight excluding hydrogens is 548 g/mol. The standard InChI is InChI=1S/C29H41BrN4O4/c1-8-33(21-9-11-22(12-10-21)34(28(37)38)29(5,6)7)25-15-20(30)14-23(19(25)4)26(35)31-16-24-17(2)13-18(3)32-27(24)36/h13-15,21-22H,8-12,16H2,1-7H3,(H,31,35)(H,32,36)(H,37,38)/t21-,22-. The number of halogens is 1. The van der Waals surface area contributed by atoms with Gasteiger partial charge in [0, 0.05) is 57.7 Å². The normalized spacial score (nSPS) is 17.7. The molecule has 0 aliphatic heterocycles. The Kier molecular flexibility index (Phi) is 9.34. The quantitative estimate of drug-likeness (QED) is 0.373. The molecule has 0 spiro atoms. The summed E-state index contributed by atoms with van der Waals surface area (Å²) in [6.45, 7) is 14.5. The molecule has 1 aliphatic carbocycles. The van der Waals surface area contributed by atoms with Crippen LogP contribution in [0.3, 0.4) is 0 Å². The molecular formula is C29H41BrN4O4. The zero-order chi connectivity index (χ0) is 28.4. The molecule has 8 nitrogen and oxygen atoms in total. The van der Waals surface area contributed by atoms with Gasteiger partial charge in [-0.3, -0.25) is 9.59 Å². The molecule has 0 radical (unpaired) electrons. The summed E-state index contributed by atoms with van der Waals surface area (Å²) in [5.41, 5.74) is 3.99. The van der Waals surface area contributed by atoms with Crippen LogP contribution in [0.4, 0.5) is 10.5 Å². The Labute approximate surface area is 233 Å². The molecule has 2 amide bonds. The summed E-state index contributed by atoms with van der Waals surface area (Å²) >= 11 is 3.60. The van der Waals surface area contributed by atoms with Crippen molar-refractivity contribution in [2.75, 3.05) is 11.4 Å². The number of rotatable bonds is 7. The maximum Gasteiger partial charge on any atom is 0.407 e. The number of aryl methyl sites for hydroxylation is 2. The van der Waals surface area contributed by atoms with E-state index >= 15 is 0 Å². The Morgan fingerprint density at radius 1 is 1.08 bits per heavy atom. The molecule has 9 heteroatoms. The summed E-state index contributed by atoms with van der Waals surface area (Å²) < 4.78 is 0.810. The lowest BCUT2D eigenvalue weighted by molar-refractivity contribution is 0.0545. The van der Waals surface area contributed by atoms with Gasteiger partial charge < -0.3 is 25.2 Å². The predicted octanol–water partition coefficient (Wildman–Crippen LogP) is 5.91. The molecule has 0 atom stereocenters. The first kappa shape index (κ1) is 29.7. The highest BCUT2D eigenvalue weighted by Crippen LogP contribution is 2.35. The van der Waals surface area contributed by atoms with Gasteiger partial charge in [-0.25, -0.2) is 4.79 Å². The average molecular weight is 590 g/mol. The number of nitrogens with zero attached hydrogens (tertiary/aromatic N) is 2. The Morgan fingerprint density at radius 2 is 1.68 bits per heavy atom. The first-order chi connectivity index (χ1) is 17.7. The van der Waals surface area contributed by atoms with Crippen molar-refractivity contribution in [1.82, 2.24) is 15.2 Å². The molecule has 208 valence electrons. The Bertz CT molecular complexity index is 1240. The molecule has 0 bridgehead atoms. The number of H-pyrrole nitrogens is 1. The average Bonchev–Trinajstić information content (AvgIpc) is 2.80. The molecule has 3 N–H and O–H groups in total. The van der Waals surface area contributed by atoms with Crippen molar-refractivity contribution in [2.45, 2.75) is 98.3 Å². The van der Waals surface area contributed by atoms with Gasteiger partial charge in [-0.1, -0.05) is 15.9 Å². The molecule has 1 aromatic heterocycles. The fourth-order valence-electron chi connectivity index (χ4n) is 5.81. The van der Waals surface area contributed by atoms with Crippen molar-refractivity contribution in [3.63, 3.8) is 0 Å². The van der Waals surface area contributed by atoms with E-state index in [4.69, 9.17) is 0 Å². The molecule has 38 heavy (non-hydrogen) atoms. The van der Waals surface area contributed by atoms with Gasteiger partial charge in [-0.05, 0) is 103 Å². The monoisotopic (exact) mass is 588 g/mol. The highest BCUT2D eigenvalue weighted by Gasteiger charge is 2.37. The number of anilines is 1. The van der Waals surface area contributed by atoms with Crippen LogP contribution >= 0.6 is 15.9 Å². The number of aromatic amines is 1. The molecule has 1 aromatic carbocycles. The molecule has 3 rings (SSSR count). The highest BCUT2D eigenvalue weighted by molar-refractivity contribution is 9.10. The van der Waals surface area contributed by atoms with Crippen LogP contribution in [-0.2, 0) is 6.54 Å². The van der Waals surface area contributed by atoms with E-state index < -0.39 is 11.6 Å². The predicted molar refractivity (Wildman–Crippen MR) is 155 cm³/mol. The van der Waals surface area contributed by atoms with Crippen LogP contribution in [0, 0.1) is 20.8 Å². The van der Waals surface area contributed by atoms with Gasteiger partial charge in [0.1, 0.15) is 0 Å². The van der Waals surface area contributed by atoms with Crippen molar-refractivity contribution in [3.05, 3.63) is 61.0 Å². The number of hydrogen-bond donors (Lipinski definition) is 3. The third kappa shape index (κ3) is 6.60. The number of benzene rings is 1. The van der Waals surface area contributed by atoms with E-state index in [1.54, 1.807) is 4.90 Å². The van der Waals surface area contributed by atoms with Crippen molar-refractivity contribution in [2.24, 2.45) is 0 Å². The van der Waals surface area contributed by atoms with Crippen LogP contribution in [0.2, 0.25) is 0 Å². The van der Waals surface area contributed by atoms with Gasteiger partial charge >= 0.3 is 6.09 Å². The third-order valence-corrected chi connectivity index (χ3v) is 8.02. The molecule has 0 saturated heterocycles. The van der Waals surface area contributed by atoms with E-state index in [-0.39, 0.29) is 30.1 Å². The van der Waals surface area contributed by atoms with Gasteiger partial charge in [-0.2, -0.15) is 0 Å². The van der Waals surface area contributed by atoms with Crippen molar-refractivity contribution in [3.8, 4) is 0 Å². The van der Waals surface area contributed by atoms with Crippen LogP contribution in [0.15, 0.2) is 27.5 Å². The number of carbonyl (C=O) groups is 2. The number of hydrogen-bond acceptors (Lipinski definition) is 4. The molecule has 1 aliphatic rings. The zero-order valence-corrected chi connectivity index (χ0v) is 25.2. The van der Waals surface area contributed by atoms with Crippen LogP contribution < -0.4 is 15.8 Å². The topological polar surface area (TPSA) is 106 Å². The number of nitrogens with one attached hydrogen (secondary N) is 2. The first-order valence-electron chi connectivity index (χ1n) is 13.3. The molecule has 0 unspecified atom stereocenters. The molecule has 1 heterocycles. The summed E-state index contributed by atoms with van der Waals surface area (Å²) in [5, 5.41) is 12.8. The first-order valence-corrected chi connectivity index (χ1v) is 14.1. The van der Waals surface area contributed by atoms with Crippen molar-refractivity contribution in [1.29, 1.82) is 0 Å². The van der Waals surface area contributed by atoms with Gasteiger partial charge in [0.25, 0.3) is 11.5 Å². The van der Waals surface area contributed by atoms with E-state index in [0.29, 0.717) is 11.1 Å². The maximum atomic E-state index is 13.3. The van der Waals surface area contributed by atoms with E-state index in [1.807, 2.05) is 53.7 Å². The zero-order valence-electron chi connectivity index (χ0n) is 23.6. The smallest absolute Gasteiger partial charge is 0.407 e. The Balaban J connectivity index is 1.80. The van der Waals surface area contributed by atoms with E-state index in [1.165, 1.54) is 0 Å². The maximum absolute atomic E-state index is 13.3. The summed E-state index contributed by atoms with van der Waals surface area (Å²) in [6, 6.07) is 6.02. The van der Waals surface area contributed by atoms with Gasteiger partial charge in [0.2, 0.25) is 0 Å². The van der Waals surface area contributed by atoms with Crippen molar-refractivity contribution >= 4 is 33.6 Å².